The summed E-state index contributed by atoms with van der Waals surface area (Å²) in [5.74, 6) is -0.544. The molecule has 0 aliphatic rings. The number of ketones is 1. The van der Waals surface area contributed by atoms with Gasteiger partial charge in [0.25, 0.3) is 0 Å². The fourth-order valence-corrected chi connectivity index (χ4v) is 1.78. The van der Waals surface area contributed by atoms with E-state index in [1.165, 1.54) is 19.2 Å². The number of benzene rings is 1. The highest BCUT2D eigenvalue weighted by Gasteiger charge is 2.13. The van der Waals surface area contributed by atoms with Crippen LogP contribution in [-0.2, 0) is 0 Å². The zero-order chi connectivity index (χ0) is 14.3. The molecule has 1 aromatic rings. The molecule has 0 spiro atoms. The van der Waals surface area contributed by atoms with Crippen molar-refractivity contribution in [1.29, 1.82) is 0 Å². The number of likely N-dealkylation sites (N-methyl/N-ethyl adjacent to an activating group) is 1. The van der Waals surface area contributed by atoms with Crippen molar-refractivity contribution in [3.8, 4) is 5.75 Å². The normalized spacial score (nSPS) is 10.8. The van der Waals surface area contributed by atoms with Crippen LogP contribution < -0.4 is 4.74 Å². The number of nitrogens with zero attached hydrogens (tertiary/aromatic N) is 1. The maximum absolute atomic E-state index is 13.5. The second-order valence-corrected chi connectivity index (χ2v) is 4.22. The zero-order valence-corrected chi connectivity index (χ0v) is 11.4. The summed E-state index contributed by atoms with van der Waals surface area (Å²) in [5.41, 5.74) is 0.334. The molecular weight excluding hydrogens is 249 g/mol. The van der Waals surface area contributed by atoms with Gasteiger partial charge in [-0.1, -0.05) is 6.92 Å². The molecule has 0 heterocycles. The van der Waals surface area contributed by atoms with Crippen molar-refractivity contribution in [2.75, 3.05) is 33.4 Å². The molecule has 0 saturated heterocycles. The summed E-state index contributed by atoms with van der Waals surface area (Å²) in [6, 6.07) is 4.21. The van der Waals surface area contributed by atoms with Crippen molar-refractivity contribution in [2.24, 2.45) is 0 Å². The van der Waals surface area contributed by atoms with Gasteiger partial charge in [-0.15, -0.1) is 0 Å². The third-order valence-corrected chi connectivity index (χ3v) is 2.92. The van der Waals surface area contributed by atoms with Crippen LogP contribution in [0.15, 0.2) is 18.2 Å². The second kappa shape index (κ2) is 7.86. The quantitative estimate of drug-likeness (QED) is 0.730. The first kappa shape index (κ1) is 15.6. The molecule has 4 nitrogen and oxygen atoms in total. The molecule has 0 saturated carbocycles. The Balaban J connectivity index is 2.69. The smallest absolute Gasteiger partial charge is 0.176 e. The van der Waals surface area contributed by atoms with Crippen LogP contribution in [-0.4, -0.2) is 49.1 Å². The Morgan fingerprint density at radius 2 is 2.21 bits per heavy atom. The van der Waals surface area contributed by atoms with Crippen LogP contribution in [0.5, 0.6) is 5.75 Å². The number of rotatable bonds is 8. The molecule has 0 radical (unpaired) electrons. The standard InChI is InChI=1S/C14H20FNO3/c1-3-16(7-4-8-17)10-13(18)11-5-6-14(19-2)12(15)9-11/h5-6,9,17H,3-4,7-8,10H2,1-2H3. The van der Waals surface area contributed by atoms with Crippen molar-refractivity contribution >= 4 is 5.78 Å². The lowest BCUT2D eigenvalue weighted by molar-refractivity contribution is 0.0928. The summed E-state index contributed by atoms with van der Waals surface area (Å²) >= 11 is 0. The molecule has 0 unspecified atom stereocenters. The molecular formula is C14H20FNO3. The molecule has 0 fully saturated rings. The van der Waals surface area contributed by atoms with Crippen molar-refractivity contribution in [2.45, 2.75) is 13.3 Å². The summed E-state index contributed by atoms with van der Waals surface area (Å²) in [6.07, 6.45) is 0.623. The number of carbonyl (C=O) groups is 1. The fraction of sp³-hybridized carbons (Fsp3) is 0.500. The third-order valence-electron chi connectivity index (χ3n) is 2.92. The number of carbonyl (C=O) groups excluding carboxylic acids is 1. The number of hydrogen-bond donors (Lipinski definition) is 1. The molecule has 0 amide bonds. The average Bonchev–Trinajstić information content (AvgIpc) is 2.43. The number of aliphatic hydroxyl groups is 1. The van der Waals surface area contributed by atoms with Gasteiger partial charge in [0.15, 0.2) is 17.3 Å². The van der Waals surface area contributed by atoms with Crippen molar-refractivity contribution in [1.82, 2.24) is 4.90 Å². The lowest BCUT2D eigenvalue weighted by atomic mass is 10.1. The van der Waals surface area contributed by atoms with Crippen molar-refractivity contribution in [3.63, 3.8) is 0 Å². The Bertz CT molecular complexity index is 423. The molecule has 0 aliphatic heterocycles. The summed E-state index contributed by atoms with van der Waals surface area (Å²) < 4.78 is 18.3. The van der Waals surface area contributed by atoms with Crippen LogP contribution in [0, 0.1) is 5.82 Å². The summed E-state index contributed by atoms with van der Waals surface area (Å²) in [7, 11) is 1.38. The van der Waals surface area contributed by atoms with E-state index < -0.39 is 5.82 Å². The highest BCUT2D eigenvalue weighted by atomic mass is 19.1. The molecule has 0 aliphatic carbocycles. The minimum Gasteiger partial charge on any atom is -0.494 e. The zero-order valence-electron chi connectivity index (χ0n) is 11.4. The number of ether oxygens (including phenoxy) is 1. The first-order valence-corrected chi connectivity index (χ1v) is 6.32. The molecule has 106 valence electrons. The maximum atomic E-state index is 13.5. The average molecular weight is 269 g/mol. The van der Waals surface area contributed by atoms with E-state index in [4.69, 9.17) is 9.84 Å². The highest BCUT2D eigenvalue weighted by Crippen LogP contribution is 2.18. The molecule has 5 heteroatoms. The first-order chi connectivity index (χ1) is 9.12. The molecule has 1 aromatic carbocycles. The Hall–Kier alpha value is -1.46. The van der Waals surface area contributed by atoms with Gasteiger partial charge in [0.1, 0.15) is 0 Å². The number of hydrogen-bond acceptors (Lipinski definition) is 4. The Kier molecular flexibility index (Phi) is 6.45. The van der Waals surface area contributed by atoms with E-state index in [1.54, 1.807) is 6.07 Å². The van der Waals surface area contributed by atoms with Crippen LogP contribution in [0.1, 0.15) is 23.7 Å². The summed E-state index contributed by atoms with van der Waals surface area (Å²) in [4.78, 5) is 13.9. The van der Waals surface area contributed by atoms with Gasteiger partial charge >= 0.3 is 0 Å². The van der Waals surface area contributed by atoms with Gasteiger partial charge in [-0.05, 0) is 31.2 Å². The minimum atomic E-state index is -0.535. The fourth-order valence-electron chi connectivity index (χ4n) is 1.78. The van der Waals surface area contributed by atoms with Gasteiger partial charge in [0, 0.05) is 18.7 Å². The topological polar surface area (TPSA) is 49.8 Å². The number of Topliss-reactive ketones (excluding diaryl/α,β-unsaturated/α-hetero) is 1. The predicted molar refractivity (Wildman–Crippen MR) is 71.1 cm³/mol. The van der Waals surface area contributed by atoms with Crippen LogP contribution in [0.25, 0.3) is 0 Å². The van der Waals surface area contributed by atoms with Gasteiger partial charge in [-0.25, -0.2) is 4.39 Å². The van der Waals surface area contributed by atoms with E-state index in [2.05, 4.69) is 0 Å². The largest absolute Gasteiger partial charge is 0.494 e. The minimum absolute atomic E-state index is 0.0991. The van der Waals surface area contributed by atoms with Gasteiger partial charge in [0.2, 0.25) is 0 Å². The maximum Gasteiger partial charge on any atom is 0.176 e. The van der Waals surface area contributed by atoms with Crippen LogP contribution in [0.3, 0.4) is 0 Å². The Morgan fingerprint density at radius 1 is 1.47 bits per heavy atom. The Labute approximate surface area is 112 Å². The van der Waals surface area contributed by atoms with E-state index in [1.807, 2.05) is 11.8 Å². The molecule has 0 aromatic heterocycles. The van der Waals surface area contributed by atoms with E-state index in [9.17, 15) is 9.18 Å². The number of methoxy groups -OCH3 is 1. The predicted octanol–water partition coefficient (Wildman–Crippen LogP) is 1.72. The van der Waals surface area contributed by atoms with Gasteiger partial charge in [-0.2, -0.15) is 0 Å². The van der Waals surface area contributed by atoms with E-state index in [0.29, 0.717) is 25.1 Å². The summed E-state index contributed by atoms with van der Waals surface area (Å²) in [5, 5.41) is 8.78. The SMILES string of the molecule is CCN(CCCO)CC(=O)c1ccc(OC)c(F)c1. The van der Waals surface area contributed by atoms with Crippen molar-refractivity contribution < 1.29 is 19.0 Å². The monoisotopic (exact) mass is 269 g/mol. The van der Waals surface area contributed by atoms with Gasteiger partial charge < -0.3 is 9.84 Å². The van der Waals surface area contributed by atoms with Crippen molar-refractivity contribution in [3.05, 3.63) is 29.6 Å². The van der Waals surface area contributed by atoms with Crippen LogP contribution in [0.2, 0.25) is 0 Å². The first-order valence-electron chi connectivity index (χ1n) is 6.32. The lowest BCUT2D eigenvalue weighted by Crippen LogP contribution is -2.31. The van der Waals surface area contributed by atoms with E-state index >= 15 is 0 Å². The molecule has 0 bridgehead atoms. The van der Waals surface area contributed by atoms with Crippen LogP contribution >= 0.6 is 0 Å². The van der Waals surface area contributed by atoms with E-state index in [-0.39, 0.29) is 24.7 Å². The Morgan fingerprint density at radius 3 is 2.74 bits per heavy atom. The van der Waals surface area contributed by atoms with Gasteiger partial charge in [-0.3, -0.25) is 9.69 Å². The molecule has 1 rings (SSSR count). The summed E-state index contributed by atoms with van der Waals surface area (Å²) in [6.45, 7) is 3.63. The lowest BCUT2D eigenvalue weighted by Gasteiger charge is -2.18. The van der Waals surface area contributed by atoms with Crippen LogP contribution in [0.4, 0.5) is 4.39 Å². The third kappa shape index (κ3) is 4.61. The number of aliphatic hydroxyl groups excluding tert-OH is 1. The second-order valence-electron chi connectivity index (χ2n) is 4.22. The highest BCUT2D eigenvalue weighted by molar-refractivity contribution is 5.97. The molecule has 0 atom stereocenters. The van der Waals surface area contributed by atoms with E-state index in [0.717, 1.165) is 0 Å². The molecule has 19 heavy (non-hydrogen) atoms. The number of halogens is 1. The van der Waals surface area contributed by atoms with Gasteiger partial charge in [0.05, 0.1) is 13.7 Å². The molecule has 1 N–H and O–H groups in total.